The lowest BCUT2D eigenvalue weighted by atomic mass is 10.1. The maximum Gasteiger partial charge on any atom is 0.270 e. The lowest BCUT2D eigenvalue weighted by Gasteiger charge is -2.21. The lowest BCUT2D eigenvalue weighted by Crippen LogP contribution is -2.26. The van der Waals surface area contributed by atoms with Gasteiger partial charge in [-0.15, -0.1) is 0 Å². The van der Waals surface area contributed by atoms with Crippen LogP contribution in [0.25, 0.3) is 0 Å². The predicted octanol–water partition coefficient (Wildman–Crippen LogP) is 3.84. The van der Waals surface area contributed by atoms with Crippen LogP contribution < -0.4 is 15.5 Å². The molecule has 6 heteroatoms. The third-order valence-electron chi connectivity index (χ3n) is 4.18. The molecule has 1 aromatic carbocycles. The second-order valence-electron chi connectivity index (χ2n) is 6.57. The topological polar surface area (TPSA) is 70.2 Å². The van der Waals surface area contributed by atoms with Gasteiger partial charge in [-0.1, -0.05) is 13.8 Å². The molecule has 0 aliphatic heterocycles. The summed E-state index contributed by atoms with van der Waals surface area (Å²) in [6.45, 7) is 11.1. The average molecular weight is 355 g/mol. The number of hydrogen-bond acceptors (Lipinski definition) is 5. The van der Waals surface area contributed by atoms with Gasteiger partial charge in [-0.25, -0.2) is 9.97 Å². The molecule has 0 unspecified atom stereocenters. The Hall–Kier alpha value is -2.63. The first kappa shape index (κ1) is 19.7. The van der Waals surface area contributed by atoms with Crippen LogP contribution in [0.2, 0.25) is 0 Å². The number of rotatable bonds is 9. The Balaban J connectivity index is 2.00. The predicted molar refractivity (Wildman–Crippen MR) is 107 cm³/mol. The maximum atomic E-state index is 12.2. The van der Waals surface area contributed by atoms with Crippen LogP contribution in [0, 0.1) is 5.92 Å². The van der Waals surface area contributed by atoms with E-state index in [-0.39, 0.29) is 5.91 Å². The summed E-state index contributed by atoms with van der Waals surface area (Å²) in [7, 11) is 0. The zero-order valence-corrected chi connectivity index (χ0v) is 16.1. The van der Waals surface area contributed by atoms with Crippen molar-refractivity contribution in [3.63, 3.8) is 0 Å². The molecule has 0 atom stereocenters. The molecule has 1 heterocycles. The van der Waals surface area contributed by atoms with E-state index in [9.17, 15) is 4.79 Å². The Kier molecular flexibility index (Phi) is 7.38. The van der Waals surface area contributed by atoms with Crippen LogP contribution in [0.3, 0.4) is 0 Å². The summed E-state index contributed by atoms with van der Waals surface area (Å²) < 4.78 is 0. The number of anilines is 3. The highest BCUT2D eigenvalue weighted by atomic mass is 16.1. The zero-order valence-electron chi connectivity index (χ0n) is 16.1. The van der Waals surface area contributed by atoms with E-state index in [0.717, 1.165) is 25.2 Å². The standard InChI is InChI=1S/C20H29N5O/c1-5-25(6-2)17-9-7-16(8-10-17)24-19-13-18(22-14-23-19)20(26)21-12-11-15(3)4/h7-10,13-15H,5-6,11-12H2,1-4H3,(H,21,26)(H,22,23,24). The largest absolute Gasteiger partial charge is 0.372 e. The summed E-state index contributed by atoms with van der Waals surface area (Å²) in [4.78, 5) is 22.7. The third kappa shape index (κ3) is 5.72. The monoisotopic (exact) mass is 355 g/mol. The Bertz CT molecular complexity index is 696. The molecule has 0 saturated heterocycles. The van der Waals surface area contributed by atoms with Crippen molar-refractivity contribution in [3.8, 4) is 0 Å². The minimum atomic E-state index is -0.173. The van der Waals surface area contributed by atoms with Gasteiger partial charge in [0.05, 0.1) is 0 Å². The minimum absolute atomic E-state index is 0.173. The van der Waals surface area contributed by atoms with Crippen molar-refractivity contribution in [1.29, 1.82) is 0 Å². The average Bonchev–Trinajstić information content (AvgIpc) is 2.64. The van der Waals surface area contributed by atoms with Crippen molar-refractivity contribution < 1.29 is 4.79 Å². The van der Waals surface area contributed by atoms with Gasteiger partial charge < -0.3 is 15.5 Å². The Morgan fingerprint density at radius 2 is 1.81 bits per heavy atom. The fourth-order valence-electron chi connectivity index (χ4n) is 2.61. The van der Waals surface area contributed by atoms with Crippen molar-refractivity contribution in [3.05, 3.63) is 42.4 Å². The van der Waals surface area contributed by atoms with Crippen LogP contribution in [0.5, 0.6) is 0 Å². The minimum Gasteiger partial charge on any atom is -0.372 e. The summed E-state index contributed by atoms with van der Waals surface area (Å²) in [6.07, 6.45) is 2.35. The molecule has 1 aromatic heterocycles. The molecule has 6 nitrogen and oxygen atoms in total. The molecule has 0 fully saturated rings. The number of hydrogen-bond donors (Lipinski definition) is 2. The van der Waals surface area contributed by atoms with Gasteiger partial charge in [0.2, 0.25) is 0 Å². The Labute approximate surface area is 156 Å². The number of benzene rings is 1. The van der Waals surface area contributed by atoms with Gasteiger partial charge >= 0.3 is 0 Å². The highest BCUT2D eigenvalue weighted by Crippen LogP contribution is 2.20. The molecule has 26 heavy (non-hydrogen) atoms. The maximum absolute atomic E-state index is 12.2. The number of carbonyl (C=O) groups is 1. The van der Waals surface area contributed by atoms with E-state index in [0.29, 0.717) is 24.0 Å². The van der Waals surface area contributed by atoms with Gasteiger partial charge in [-0.05, 0) is 50.5 Å². The number of nitrogens with zero attached hydrogens (tertiary/aromatic N) is 3. The molecule has 0 bridgehead atoms. The molecule has 0 aliphatic carbocycles. The van der Waals surface area contributed by atoms with Crippen LogP contribution in [0.1, 0.15) is 44.6 Å². The van der Waals surface area contributed by atoms with Gasteiger partial charge in [-0.3, -0.25) is 4.79 Å². The van der Waals surface area contributed by atoms with Gasteiger partial charge in [0.15, 0.2) is 0 Å². The Morgan fingerprint density at radius 1 is 1.12 bits per heavy atom. The first-order chi connectivity index (χ1) is 12.5. The fourth-order valence-corrected chi connectivity index (χ4v) is 2.61. The first-order valence-corrected chi connectivity index (χ1v) is 9.25. The van der Waals surface area contributed by atoms with Crippen LogP contribution in [0.15, 0.2) is 36.7 Å². The molecular weight excluding hydrogens is 326 g/mol. The second-order valence-corrected chi connectivity index (χ2v) is 6.57. The van der Waals surface area contributed by atoms with Gasteiger partial charge in [0, 0.05) is 37.1 Å². The number of carbonyl (C=O) groups excluding carboxylic acids is 1. The number of aromatic nitrogens is 2. The molecule has 2 aromatic rings. The normalized spacial score (nSPS) is 10.7. The van der Waals surface area contributed by atoms with E-state index in [1.807, 2.05) is 12.1 Å². The van der Waals surface area contributed by atoms with Crippen LogP contribution in [-0.2, 0) is 0 Å². The van der Waals surface area contributed by atoms with Crippen molar-refractivity contribution in [2.75, 3.05) is 29.9 Å². The van der Waals surface area contributed by atoms with Gasteiger partial charge in [0.1, 0.15) is 17.8 Å². The van der Waals surface area contributed by atoms with Crippen LogP contribution in [0.4, 0.5) is 17.2 Å². The molecule has 0 radical (unpaired) electrons. The molecule has 2 N–H and O–H groups in total. The summed E-state index contributed by atoms with van der Waals surface area (Å²) in [5, 5.41) is 6.12. The summed E-state index contributed by atoms with van der Waals surface area (Å²) in [5.41, 5.74) is 2.48. The molecule has 0 saturated carbocycles. The van der Waals surface area contributed by atoms with Crippen molar-refractivity contribution >= 4 is 23.1 Å². The molecule has 1 amide bonds. The molecule has 0 aliphatic rings. The third-order valence-corrected chi connectivity index (χ3v) is 4.18. The van der Waals surface area contributed by atoms with E-state index in [4.69, 9.17) is 0 Å². The van der Waals surface area contributed by atoms with Crippen molar-refractivity contribution in [2.45, 2.75) is 34.1 Å². The Morgan fingerprint density at radius 3 is 2.42 bits per heavy atom. The van der Waals surface area contributed by atoms with Crippen LogP contribution >= 0.6 is 0 Å². The molecule has 2 rings (SSSR count). The van der Waals surface area contributed by atoms with Crippen LogP contribution in [-0.4, -0.2) is 35.5 Å². The highest BCUT2D eigenvalue weighted by Gasteiger charge is 2.09. The zero-order chi connectivity index (χ0) is 18.9. The SMILES string of the molecule is CCN(CC)c1ccc(Nc2cc(C(=O)NCCC(C)C)ncn2)cc1. The molecule has 140 valence electrons. The summed E-state index contributed by atoms with van der Waals surface area (Å²) in [6, 6.07) is 9.85. The van der Waals surface area contributed by atoms with E-state index in [1.165, 1.54) is 12.0 Å². The first-order valence-electron chi connectivity index (χ1n) is 9.25. The smallest absolute Gasteiger partial charge is 0.270 e. The quantitative estimate of drug-likeness (QED) is 0.715. The van der Waals surface area contributed by atoms with E-state index < -0.39 is 0 Å². The number of nitrogens with one attached hydrogen (secondary N) is 2. The van der Waals surface area contributed by atoms with E-state index in [2.05, 4.69) is 65.3 Å². The molecule has 0 spiro atoms. The van der Waals surface area contributed by atoms with Crippen molar-refractivity contribution in [2.24, 2.45) is 5.92 Å². The number of amides is 1. The fraction of sp³-hybridized carbons (Fsp3) is 0.450. The molecular formula is C20H29N5O. The van der Waals surface area contributed by atoms with Crippen molar-refractivity contribution in [1.82, 2.24) is 15.3 Å². The van der Waals surface area contributed by atoms with E-state index >= 15 is 0 Å². The summed E-state index contributed by atoms with van der Waals surface area (Å²) >= 11 is 0. The van der Waals surface area contributed by atoms with E-state index in [1.54, 1.807) is 6.07 Å². The lowest BCUT2D eigenvalue weighted by molar-refractivity contribution is 0.0947. The van der Waals surface area contributed by atoms with Gasteiger partial charge in [-0.2, -0.15) is 0 Å². The van der Waals surface area contributed by atoms with Gasteiger partial charge in [0.25, 0.3) is 5.91 Å². The summed E-state index contributed by atoms with van der Waals surface area (Å²) in [5.74, 6) is 0.981. The second kappa shape index (κ2) is 9.75. The highest BCUT2D eigenvalue weighted by molar-refractivity contribution is 5.92.